The Morgan fingerprint density at radius 2 is 2.23 bits per heavy atom. The predicted octanol–water partition coefficient (Wildman–Crippen LogP) is 3.88. The molecule has 0 fully saturated rings. The summed E-state index contributed by atoms with van der Waals surface area (Å²) >= 11 is 9.13. The minimum atomic E-state index is -0.428. The summed E-state index contributed by atoms with van der Waals surface area (Å²) in [5.41, 5.74) is 1.01. The lowest BCUT2D eigenvalue weighted by atomic mass is 10.2. The summed E-state index contributed by atoms with van der Waals surface area (Å²) < 4.78 is 18.5. The third-order valence-corrected chi connectivity index (χ3v) is 3.63. The second kappa shape index (κ2) is 7.51. The van der Waals surface area contributed by atoms with Gasteiger partial charge in [0, 0.05) is 11.3 Å². The lowest BCUT2D eigenvalue weighted by Crippen LogP contribution is -2.11. The molecule has 1 N–H and O–H groups in total. The van der Waals surface area contributed by atoms with Crippen LogP contribution in [-0.4, -0.2) is 22.5 Å². The largest absolute Gasteiger partial charge is 0.466 e. The van der Waals surface area contributed by atoms with Crippen LogP contribution in [0.2, 0.25) is 5.15 Å². The van der Waals surface area contributed by atoms with Gasteiger partial charge in [0.05, 0.1) is 17.5 Å². The Labute approximate surface area is 140 Å². The molecule has 8 heteroatoms. The molecule has 0 unspecified atom stereocenters. The Kier molecular flexibility index (Phi) is 5.68. The van der Waals surface area contributed by atoms with Gasteiger partial charge in [0.2, 0.25) is 0 Å². The minimum Gasteiger partial charge on any atom is -0.466 e. The molecule has 0 saturated heterocycles. The summed E-state index contributed by atoms with van der Waals surface area (Å²) in [6.07, 6.45) is 1.22. The molecule has 116 valence electrons. The molecule has 0 aliphatic heterocycles. The predicted molar refractivity (Wildman–Crippen MR) is 84.8 cm³/mol. The van der Waals surface area contributed by atoms with E-state index in [1.54, 1.807) is 19.1 Å². The van der Waals surface area contributed by atoms with E-state index in [9.17, 15) is 9.18 Å². The van der Waals surface area contributed by atoms with Gasteiger partial charge in [-0.25, -0.2) is 14.4 Å². The van der Waals surface area contributed by atoms with Gasteiger partial charge in [-0.3, -0.25) is 4.79 Å². The van der Waals surface area contributed by atoms with Gasteiger partial charge >= 0.3 is 5.97 Å². The lowest BCUT2D eigenvalue weighted by molar-refractivity contribution is -0.142. The number of hydrogen-bond donors (Lipinski definition) is 1. The van der Waals surface area contributed by atoms with Gasteiger partial charge in [-0.05, 0) is 41.1 Å². The van der Waals surface area contributed by atoms with Crippen molar-refractivity contribution in [2.24, 2.45) is 0 Å². The fourth-order valence-corrected chi connectivity index (χ4v) is 2.30. The summed E-state index contributed by atoms with van der Waals surface area (Å²) in [7, 11) is 0. The molecule has 22 heavy (non-hydrogen) atoms. The maximum atomic E-state index is 13.3. The van der Waals surface area contributed by atoms with Crippen molar-refractivity contribution >= 4 is 45.0 Å². The molecule has 0 aliphatic rings. The van der Waals surface area contributed by atoms with Crippen LogP contribution < -0.4 is 5.32 Å². The van der Waals surface area contributed by atoms with Crippen LogP contribution in [0.15, 0.2) is 29.0 Å². The number of nitrogens with zero attached hydrogens (tertiary/aromatic N) is 2. The Balaban J connectivity index is 2.28. The SMILES string of the molecule is CCOC(=O)Cc1c(Cl)ncnc1Nc1ccc(F)c(Br)c1. The van der Waals surface area contributed by atoms with E-state index < -0.39 is 5.97 Å². The zero-order valence-corrected chi connectivity index (χ0v) is 13.9. The third-order valence-electron chi connectivity index (χ3n) is 2.70. The number of ether oxygens (including phenoxy) is 1. The van der Waals surface area contributed by atoms with Crippen molar-refractivity contribution in [3.05, 3.63) is 45.5 Å². The molecule has 5 nitrogen and oxygen atoms in total. The molecule has 0 radical (unpaired) electrons. The third kappa shape index (κ3) is 4.14. The fourth-order valence-electron chi connectivity index (χ4n) is 1.72. The van der Waals surface area contributed by atoms with Crippen LogP contribution in [0, 0.1) is 5.82 Å². The highest BCUT2D eigenvalue weighted by molar-refractivity contribution is 9.10. The average Bonchev–Trinajstić information content (AvgIpc) is 2.47. The van der Waals surface area contributed by atoms with Crippen molar-refractivity contribution in [3.63, 3.8) is 0 Å². The maximum absolute atomic E-state index is 13.3. The zero-order chi connectivity index (χ0) is 16.1. The lowest BCUT2D eigenvalue weighted by Gasteiger charge is -2.12. The monoisotopic (exact) mass is 387 g/mol. The summed E-state index contributed by atoms with van der Waals surface area (Å²) in [6, 6.07) is 4.41. The quantitative estimate of drug-likeness (QED) is 0.622. The van der Waals surface area contributed by atoms with E-state index in [1.807, 2.05) is 0 Å². The summed E-state index contributed by atoms with van der Waals surface area (Å²) in [5, 5.41) is 3.15. The van der Waals surface area contributed by atoms with Gasteiger partial charge < -0.3 is 10.1 Å². The van der Waals surface area contributed by atoms with Crippen molar-refractivity contribution in [2.45, 2.75) is 13.3 Å². The number of halogens is 3. The van der Waals surface area contributed by atoms with Crippen LogP contribution in [0.3, 0.4) is 0 Å². The molecule has 2 rings (SSSR count). The van der Waals surface area contributed by atoms with Gasteiger partial charge in [0.25, 0.3) is 0 Å². The molecule has 2 aromatic rings. The van der Waals surface area contributed by atoms with Crippen LogP contribution in [0.25, 0.3) is 0 Å². The van der Waals surface area contributed by atoms with E-state index in [-0.39, 0.29) is 24.0 Å². The van der Waals surface area contributed by atoms with Gasteiger partial charge in [0.15, 0.2) is 0 Å². The first-order valence-electron chi connectivity index (χ1n) is 6.38. The fraction of sp³-hybridized carbons (Fsp3) is 0.214. The zero-order valence-electron chi connectivity index (χ0n) is 11.6. The standard InChI is InChI=1S/C14H12BrClFN3O2/c1-2-22-12(21)6-9-13(16)18-7-19-14(9)20-8-3-4-11(17)10(15)5-8/h3-5,7H,2,6H2,1H3,(H,18,19,20). The first kappa shape index (κ1) is 16.6. The molecule has 0 saturated carbocycles. The highest BCUT2D eigenvalue weighted by Crippen LogP contribution is 2.26. The van der Waals surface area contributed by atoms with E-state index in [1.165, 1.54) is 12.4 Å². The molecule has 0 bridgehead atoms. The molecule has 1 heterocycles. The van der Waals surface area contributed by atoms with Crippen LogP contribution in [0.4, 0.5) is 15.9 Å². The Bertz CT molecular complexity index is 700. The van der Waals surface area contributed by atoms with Gasteiger partial charge in [0.1, 0.15) is 23.1 Å². The van der Waals surface area contributed by atoms with Crippen molar-refractivity contribution < 1.29 is 13.9 Å². The number of carbonyl (C=O) groups is 1. The second-order valence-corrected chi connectivity index (χ2v) is 5.44. The number of nitrogens with one attached hydrogen (secondary N) is 1. The number of rotatable bonds is 5. The normalized spacial score (nSPS) is 10.4. The van der Waals surface area contributed by atoms with Crippen LogP contribution in [-0.2, 0) is 16.0 Å². The van der Waals surface area contributed by atoms with E-state index >= 15 is 0 Å². The van der Waals surface area contributed by atoms with E-state index in [2.05, 4.69) is 31.2 Å². The first-order chi connectivity index (χ1) is 10.5. The minimum absolute atomic E-state index is 0.0573. The summed E-state index contributed by atoms with van der Waals surface area (Å²) in [5.74, 6) is -0.438. The van der Waals surface area contributed by atoms with E-state index in [0.717, 1.165) is 0 Å². The average molecular weight is 389 g/mol. The molecule has 0 atom stereocenters. The number of hydrogen-bond acceptors (Lipinski definition) is 5. The highest BCUT2D eigenvalue weighted by atomic mass is 79.9. The second-order valence-electron chi connectivity index (χ2n) is 4.23. The Morgan fingerprint density at radius 1 is 1.45 bits per heavy atom. The molecule has 0 aliphatic carbocycles. The molecule has 1 aromatic carbocycles. The van der Waals surface area contributed by atoms with Gasteiger partial charge in [-0.1, -0.05) is 11.6 Å². The first-order valence-corrected chi connectivity index (χ1v) is 7.55. The Morgan fingerprint density at radius 3 is 2.91 bits per heavy atom. The number of aromatic nitrogens is 2. The van der Waals surface area contributed by atoms with Crippen molar-refractivity contribution in [2.75, 3.05) is 11.9 Å². The van der Waals surface area contributed by atoms with Crippen molar-refractivity contribution in [1.82, 2.24) is 9.97 Å². The van der Waals surface area contributed by atoms with E-state index in [4.69, 9.17) is 16.3 Å². The number of esters is 1. The molecule has 0 amide bonds. The highest BCUT2D eigenvalue weighted by Gasteiger charge is 2.15. The Hall–Kier alpha value is -1.73. The van der Waals surface area contributed by atoms with Crippen molar-refractivity contribution in [1.29, 1.82) is 0 Å². The van der Waals surface area contributed by atoms with Gasteiger partial charge in [-0.15, -0.1) is 0 Å². The van der Waals surface area contributed by atoms with Crippen LogP contribution in [0.5, 0.6) is 0 Å². The summed E-state index contributed by atoms with van der Waals surface area (Å²) in [4.78, 5) is 19.6. The summed E-state index contributed by atoms with van der Waals surface area (Å²) in [6.45, 7) is 1.99. The topological polar surface area (TPSA) is 64.1 Å². The molecule has 1 aromatic heterocycles. The molecular formula is C14H12BrClFN3O2. The molecule has 0 spiro atoms. The number of anilines is 2. The molecular weight excluding hydrogens is 377 g/mol. The number of benzene rings is 1. The number of carbonyl (C=O) groups excluding carboxylic acids is 1. The van der Waals surface area contributed by atoms with Crippen LogP contribution in [0.1, 0.15) is 12.5 Å². The van der Waals surface area contributed by atoms with Gasteiger partial charge in [-0.2, -0.15) is 0 Å². The smallest absolute Gasteiger partial charge is 0.310 e. The maximum Gasteiger partial charge on any atom is 0.310 e. The van der Waals surface area contributed by atoms with E-state index in [0.29, 0.717) is 21.5 Å². The van der Waals surface area contributed by atoms with Crippen LogP contribution >= 0.6 is 27.5 Å². The van der Waals surface area contributed by atoms with Crippen molar-refractivity contribution in [3.8, 4) is 0 Å².